The van der Waals surface area contributed by atoms with E-state index >= 15 is 0 Å². The van der Waals surface area contributed by atoms with Gasteiger partial charge in [-0.1, -0.05) is 12.2 Å². The molecule has 1 aromatic carbocycles. The van der Waals surface area contributed by atoms with Gasteiger partial charge in [-0.3, -0.25) is 0 Å². The van der Waals surface area contributed by atoms with E-state index in [1.165, 1.54) is 0 Å². The highest BCUT2D eigenvalue weighted by atomic mass is 16.5. The molecular formula is C16H17N5O. The summed E-state index contributed by atoms with van der Waals surface area (Å²) in [4.78, 5) is 4.44. The maximum Gasteiger partial charge on any atom is 0.292 e. The molecule has 1 aromatic rings. The molecule has 0 radical (unpaired) electrons. The van der Waals surface area contributed by atoms with Crippen LogP contribution in [0.2, 0.25) is 0 Å². The number of hydrogen-bond donors (Lipinski definition) is 2. The van der Waals surface area contributed by atoms with E-state index < -0.39 is 0 Å². The molecule has 2 rings (SSSR count). The number of ether oxygens (including phenoxy) is 1. The van der Waals surface area contributed by atoms with Crippen molar-refractivity contribution in [2.24, 2.45) is 10.1 Å². The minimum atomic E-state index is -0.00221. The van der Waals surface area contributed by atoms with Gasteiger partial charge in [-0.2, -0.15) is 5.10 Å². The molecule has 0 aliphatic carbocycles. The van der Waals surface area contributed by atoms with Gasteiger partial charge >= 0.3 is 0 Å². The van der Waals surface area contributed by atoms with Crippen molar-refractivity contribution in [3.05, 3.63) is 54.3 Å². The molecule has 0 saturated carbocycles. The summed E-state index contributed by atoms with van der Waals surface area (Å²) in [6.45, 7) is 9.78. The molecule has 1 atom stereocenters. The van der Waals surface area contributed by atoms with Crippen LogP contribution in [0.15, 0.2) is 58.8 Å². The van der Waals surface area contributed by atoms with Gasteiger partial charge in [-0.05, 0) is 43.2 Å². The Morgan fingerprint density at radius 3 is 2.91 bits per heavy atom. The van der Waals surface area contributed by atoms with Gasteiger partial charge in [0.2, 0.25) is 5.96 Å². The van der Waals surface area contributed by atoms with Crippen LogP contribution >= 0.6 is 0 Å². The molecule has 22 heavy (non-hydrogen) atoms. The first-order valence-electron chi connectivity index (χ1n) is 6.71. The monoisotopic (exact) mass is 295 g/mol. The fraction of sp³-hybridized carbons (Fsp3) is 0.188. The van der Waals surface area contributed by atoms with Gasteiger partial charge in [0.15, 0.2) is 0 Å². The highest BCUT2D eigenvalue weighted by molar-refractivity contribution is 5.86. The molecule has 6 nitrogen and oxygen atoms in total. The van der Waals surface area contributed by atoms with Crippen LogP contribution in [0.1, 0.15) is 18.9 Å². The first-order valence-corrected chi connectivity index (χ1v) is 6.71. The number of hydrazone groups is 1. The number of rotatable bonds is 5. The van der Waals surface area contributed by atoms with Gasteiger partial charge in [0.1, 0.15) is 5.75 Å². The van der Waals surface area contributed by atoms with Crippen LogP contribution in [0.4, 0.5) is 0 Å². The summed E-state index contributed by atoms with van der Waals surface area (Å²) >= 11 is 0. The molecule has 0 aromatic heterocycles. The Hall–Kier alpha value is -3.07. The molecule has 0 fully saturated rings. The van der Waals surface area contributed by atoms with E-state index in [0.29, 0.717) is 11.7 Å². The fourth-order valence-electron chi connectivity index (χ4n) is 1.90. The molecule has 0 saturated heterocycles. The molecule has 112 valence electrons. The van der Waals surface area contributed by atoms with Crippen molar-refractivity contribution in [1.82, 2.24) is 10.7 Å². The molecule has 2 N–H and O–H groups in total. The molecule has 0 amide bonds. The summed E-state index contributed by atoms with van der Waals surface area (Å²) in [6.07, 6.45) is 4.03. The van der Waals surface area contributed by atoms with Crippen LogP contribution in [0.5, 0.6) is 5.75 Å². The van der Waals surface area contributed by atoms with Gasteiger partial charge in [0.05, 0.1) is 12.3 Å². The highest BCUT2D eigenvalue weighted by Gasteiger charge is 2.20. The Labute approximate surface area is 129 Å². The minimum absolute atomic E-state index is 0.00221. The van der Waals surface area contributed by atoms with Crippen LogP contribution in [-0.4, -0.2) is 18.2 Å². The predicted molar refractivity (Wildman–Crippen MR) is 86.3 cm³/mol. The summed E-state index contributed by atoms with van der Waals surface area (Å²) in [5, 5.41) is 15.6. The third-order valence-electron chi connectivity index (χ3n) is 2.94. The number of nitrogens with one attached hydrogen (secondary N) is 2. The SMILES string of the molecule is C=C(C)CC1N=C(N/N=C/c2ccc(OC#N)cc2)NC1=C. The van der Waals surface area contributed by atoms with Gasteiger partial charge in [-0.15, -0.1) is 11.8 Å². The Morgan fingerprint density at radius 2 is 2.27 bits per heavy atom. The van der Waals surface area contributed by atoms with Crippen LogP contribution in [0.3, 0.4) is 0 Å². The zero-order valence-electron chi connectivity index (χ0n) is 12.3. The van der Waals surface area contributed by atoms with E-state index in [4.69, 9.17) is 10.00 Å². The maximum absolute atomic E-state index is 8.41. The number of nitrogens with zero attached hydrogens (tertiary/aromatic N) is 3. The quantitative estimate of drug-likeness (QED) is 0.378. The first-order chi connectivity index (χ1) is 10.6. The van der Waals surface area contributed by atoms with Crippen LogP contribution in [-0.2, 0) is 0 Å². The fourth-order valence-corrected chi connectivity index (χ4v) is 1.90. The maximum atomic E-state index is 8.41. The zero-order valence-corrected chi connectivity index (χ0v) is 12.3. The molecule has 0 bridgehead atoms. The standard InChI is InChI=1S/C16H17N5O/c1-11(2)8-15-12(3)19-16(20-15)21-18-9-13-4-6-14(7-5-13)22-10-17/h4-7,9,15H,1,3,8H2,2H3,(H2,19,20,21)/b18-9+. The number of benzene rings is 1. The van der Waals surface area contributed by atoms with Crippen molar-refractivity contribution in [3.63, 3.8) is 0 Å². The van der Waals surface area contributed by atoms with Gasteiger partial charge in [-0.25, -0.2) is 10.4 Å². The predicted octanol–water partition coefficient (Wildman–Crippen LogP) is 2.28. The molecule has 0 spiro atoms. The van der Waals surface area contributed by atoms with E-state index in [2.05, 4.69) is 34.0 Å². The molecule has 1 aliphatic heterocycles. The number of nitriles is 1. The smallest absolute Gasteiger partial charge is 0.292 e. The third kappa shape index (κ3) is 4.21. The van der Waals surface area contributed by atoms with Gasteiger partial charge < -0.3 is 10.1 Å². The largest absolute Gasteiger partial charge is 0.388 e. The second kappa shape index (κ2) is 7.09. The lowest BCUT2D eigenvalue weighted by molar-refractivity contribution is 0.507. The molecule has 1 aliphatic rings. The molecule has 6 heteroatoms. The Morgan fingerprint density at radius 1 is 1.55 bits per heavy atom. The first kappa shape index (κ1) is 15.3. The normalized spacial score (nSPS) is 16.8. The lowest BCUT2D eigenvalue weighted by atomic mass is 10.1. The molecule has 1 unspecified atom stereocenters. The average Bonchev–Trinajstić information content (AvgIpc) is 2.81. The zero-order chi connectivity index (χ0) is 15.9. The number of aliphatic imine (C=N–C) groups is 1. The summed E-state index contributed by atoms with van der Waals surface area (Å²) < 4.78 is 4.70. The van der Waals surface area contributed by atoms with E-state index in [1.54, 1.807) is 36.7 Å². The summed E-state index contributed by atoms with van der Waals surface area (Å²) in [5.41, 5.74) is 5.60. The topological polar surface area (TPSA) is 81.8 Å². The third-order valence-corrected chi connectivity index (χ3v) is 2.94. The van der Waals surface area contributed by atoms with Crippen molar-refractivity contribution in [2.75, 3.05) is 0 Å². The Balaban J connectivity index is 1.91. The van der Waals surface area contributed by atoms with Crippen molar-refractivity contribution < 1.29 is 4.74 Å². The van der Waals surface area contributed by atoms with E-state index in [-0.39, 0.29) is 6.04 Å². The Bertz CT molecular complexity index is 667. The second-order valence-electron chi connectivity index (χ2n) is 4.94. The van der Waals surface area contributed by atoms with E-state index in [0.717, 1.165) is 23.3 Å². The Kier molecular flexibility index (Phi) is 4.94. The van der Waals surface area contributed by atoms with Crippen LogP contribution in [0.25, 0.3) is 0 Å². The lowest BCUT2D eigenvalue weighted by Crippen LogP contribution is -2.29. The van der Waals surface area contributed by atoms with Crippen molar-refractivity contribution in [2.45, 2.75) is 19.4 Å². The van der Waals surface area contributed by atoms with Crippen LogP contribution in [0, 0.1) is 11.5 Å². The van der Waals surface area contributed by atoms with Gasteiger partial charge in [0.25, 0.3) is 6.26 Å². The average molecular weight is 295 g/mol. The van der Waals surface area contributed by atoms with E-state index in [9.17, 15) is 0 Å². The molecular weight excluding hydrogens is 278 g/mol. The lowest BCUT2D eigenvalue weighted by Gasteiger charge is -2.06. The minimum Gasteiger partial charge on any atom is -0.388 e. The summed E-state index contributed by atoms with van der Waals surface area (Å²) in [5.74, 6) is 1.06. The second-order valence-corrected chi connectivity index (χ2v) is 4.94. The summed E-state index contributed by atoms with van der Waals surface area (Å²) in [7, 11) is 0. The number of hydrogen-bond acceptors (Lipinski definition) is 6. The number of guanidine groups is 1. The van der Waals surface area contributed by atoms with E-state index in [1.807, 2.05) is 6.92 Å². The molecule has 1 heterocycles. The van der Waals surface area contributed by atoms with Crippen molar-refractivity contribution in [1.29, 1.82) is 5.26 Å². The van der Waals surface area contributed by atoms with Crippen LogP contribution < -0.4 is 15.5 Å². The highest BCUT2D eigenvalue weighted by Crippen LogP contribution is 2.16. The summed E-state index contributed by atoms with van der Waals surface area (Å²) in [6, 6.07) is 6.98. The van der Waals surface area contributed by atoms with Crippen molar-refractivity contribution >= 4 is 12.2 Å². The van der Waals surface area contributed by atoms with Gasteiger partial charge in [0, 0.05) is 5.70 Å². The van der Waals surface area contributed by atoms with Crippen molar-refractivity contribution in [3.8, 4) is 12.0 Å².